The third-order valence-corrected chi connectivity index (χ3v) is 4.84. The van der Waals surface area contributed by atoms with Gasteiger partial charge in [0.25, 0.3) is 0 Å². The Morgan fingerprint density at radius 3 is 2.90 bits per heavy atom. The van der Waals surface area contributed by atoms with E-state index in [-0.39, 0.29) is 0 Å². The van der Waals surface area contributed by atoms with Gasteiger partial charge in [-0.3, -0.25) is 0 Å². The molecule has 0 radical (unpaired) electrons. The maximum atomic E-state index is 5.45. The highest BCUT2D eigenvalue weighted by Gasteiger charge is 2.29. The number of nitrogens with zero attached hydrogens (tertiary/aromatic N) is 2. The van der Waals surface area contributed by atoms with Gasteiger partial charge in [-0.2, -0.15) is 11.8 Å². The average molecular weight is 297 g/mol. The minimum absolute atomic E-state index is 0.293. The Morgan fingerprint density at radius 1 is 1.45 bits per heavy atom. The number of rotatable bonds is 7. The van der Waals surface area contributed by atoms with Crippen molar-refractivity contribution in [1.82, 2.24) is 9.97 Å². The van der Waals surface area contributed by atoms with Gasteiger partial charge >= 0.3 is 0 Å². The summed E-state index contributed by atoms with van der Waals surface area (Å²) in [7, 11) is 0. The molecule has 1 aliphatic rings. The van der Waals surface area contributed by atoms with Crippen LogP contribution in [-0.2, 0) is 11.3 Å². The van der Waals surface area contributed by atoms with Crippen LogP contribution < -0.4 is 16.6 Å². The molecule has 2 rings (SSSR count). The molecular formula is C13H23N5OS. The first-order valence-corrected chi connectivity index (χ1v) is 7.94. The third-order valence-electron chi connectivity index (χ3n) is 3.30. The average Bonchev–Trinajstić information content (AvgIpc) is 2.90. The van der Waals surface area contributed by atoms with E-state index >= 15 is 0 Å². The Kier molecular flexibility index (Phi) is 5.45. The number of aromatic nitrogens is 2. The van der Waals surface area contributed by atoms with Gasteiger partial charge in [0.2, 0.25) is 0 Å². The van der Waals surface area contributed by atoms with E-state index in [1.54, 1.807) is 0 Å². The van der Waals surface area contributed by atoms with Crippen molar-refractivity contribution in [3.05, 3.63) is 11.9 Å². The van der Waals surface area contributed by atoms with E-state index in [1.165, 1.54) is 18.6 Å². The number of anilines is 2. The molecule has 0 aliphatic carbocycles. The minimum atomic E-state index is 0.293. The molecule has 1 fully saturated rings. The minimum Gasteiger partial charge on any atom is -0.374 e. The fraction of sp³-hybridized carbons (Fsp3) is 0.692. The second kappa shape index (κ2) is 7.10. The van der Waals surface area contributed by atoms with E-state index < -0.39 is 0 Å². The van der Waals surface area contributed by atoms with Crippen LogP contribution in [0.2, 0.25) is 0 Å². The summed E-state index contributed by atoms with van der Waals surface area (Å²) < 4.78 is 5.64. The molecule has 0 aromatic carbocycles. The van der Waals surface area contributed by atoms with Gasteiger partial charge in [0, 0.05) is 24.0 Å². The van der Waals surface area contributed by atoms with Gasteiger partial charge < -0.3 is 15.5 Å². The highest BCUT2D eigenvalue weighted by molar-refractivity contribution is 8.00. The van der Waals surface area contributed by atoms with Crippen molar-refractivity contribution in [3.8, 4) is 0 Å². The Labute approximate surface area is 124 Å². The molecule has 6 nitrogen and oxygen atoms in total. The van der Waals surface area contributed by atoms with E-state index in [1.807, 2.05) is 24.8 Å². The molecular weight excluding hydrogens is 274 g/mol. The second-order valence-electron chi connectivity index (χ2n) is 5.09. The molecule has 0 bridgehead atoms. The van der Waals surface area contributed by atoms with Crippen LogP contribution in [0, 0.1) is 0 Å². The first-order chi connectivity index (χ1) is 9.65. The Balaban J connectivity index is 2.01. The highest BCUT2D eigenvalue weighted by Crippen LogP contribution is 2.37. The van der Waals surface area contributed by atoms with E-state index in [2.05, 4.69) is 27.6 Å². The van der Waals surface area contributed by atoms with Crippen molar-refractivity contribution >= 4 is 23.4 Å². The van der Waals surface area contributed by atoms with Gasteiger partial charge in [0.05, 0.1) is 0 Å². The number of hydrogen-bond acceptors (Lipinski definition) is 7. The summed E-state index contributed by atoms with van der Waals surface area (Å²) in [5.74, 6) is 8.71. The number of nitrogens with two attached hydrogens (primary N) is 1. The van der Waals surface area contributed by atoms with Crippen LogP contribution in [0.5, 0.6) is 0 Å². The Hall–Kier alpha value is -1.05. The number of nitrogens with one attached hydrogen (secondary N) is 2. The lowest BCUT2D eigenvalue weighted by Crippen LogP contribution is -2.27. The second-order valence-corrected chi connectivity index (χ2v) is 6.77. The first kappa shape index (κ1) is 15.3. The van der Waals surface area contributed by atoms with Crippen LogP contribution in [0.4, 0.5) is 11.6 Å². The SMILES string of the molecule is CCOCc1nc(NN)cc(NCC2(C)CCCS2)n1. The van der Waals surface area contributed by atoms with Crippen LogP contribution in [-0.4, -0.2) is 33.6 Å². The largest absolute Gasteiger partial charge is 0.374 e. The first-order valence-electron chi connectivity index (χ1n) is 6.95. The summed E-state index contributed by atoms with van der Waals surface area (Å²) in [6.07, 6.45) is 2.53. The summed E-state index contributed by atoms with van der Waals surface area (Å²) in [5.41, 5.74) is 2.57. The van der Waals surface area contributed by atoms with Gasteiger partial charge in [-0.25, -0.2) is 15.8 Å². The van der Waals surface area contributed by atoms with Crippen molar-refractivity contribution in [3.63, 3.8) is 0 Å². The molecule has 1 saturated heterocycles. The molecule has 1 aromatic rings. The van der Waals surface area contributed by atoms with Crippen molar-refractivity contribution in [2.45, 2.75) is 38.0 Å². The number of thioether (sulfide) groups is 1. The monoisotopic (exact) mass is 297 g/mol. The highest BCUT2D eigenvalue weighted by atomic mass is 32.2. The molecule has 4 N–H and O–H groups in total. The Bertz CT molecular complexity index is 437. The summed E-state index contributed by atoms with van der Waals surface area (Å²) in [4.78, 5) is 8.73. The molecule has 1 aliphatic heterocycles. The number of ether oxygens (including phenoxy) is 1. The molecule has 2 heterocycles. The zero-order valence-corrected chi connectivity index (χ0v) is 12.9. The summed E-state index contributed by atoms with van der Waals surface area (Å²) >= 11 is 2.02. The summed E-state index contributed by atoms with van der Waals surface area (Å²) in [6.45, 7) is 6.17. The molecule has 112 valence electrons. The Morgan fingerprint density at radius 2 is 2.25 bits per heavy atom. The van der Waals surface area contributed by atoms with Gasteiger partial charge in [-0.05, 0) is 32.4 Å². The van der Waals surface area contributed by atoms with Gasteiger partial charge in [0.1, 0.15) is 18.2 Å². The van der Waals surface area contributed by atoms with Crippen LogP contribution in [0.3, 0.4) is 0 Å². The van der Waals surface area contributed by atoms with Crippen LogP contribution in [0.25, 0.3) is 0 Å². The fourth-order valence-corrected chi connectivity index (χ4v) is 3.42. The number of hydrogen-bond donors (Lipinski definition) is 3. The van der Waals surface area contributed by atoms with E-state index in [4.69, 9.17) is 10.6 Å². The standard InChI is InChI=1S/C13H23N5OS/c1-3-19-8-12-16-10(7-11(17-12)18-14)15-9-13(2)5-4-6-20-13/h7H,3-6,8-9,14H2,1-2H3,(H2,15,16,17,18). The predicted molar refractivity (Wildman–Crippen MR) is 83.8 cm³/mol. The van der Waals surface area contributed by atoms with Crippen LogP contribution in [0.15, 0.2) is 6.07 Å². The predicted octanol–water partition coefficient (Wildman–Crippen LogP) is 2.00. The fourth-order valence-electron chi connectivity index (χ4n) is 2.17. The normalized spacial score (nSPS) is 21.9. The third kappa shape index (κ3) is 4.22. The molecule has 0 amide bonds. The maximum absolute atomic E-state index is 5.45. The topological polar surface area (TPSA) is 85.1 Å². The lowest BCUT2D eigenvalue weighted by molar-refractivity contribution is 0.128. The molecule has 7 heteroatoms. The summed E-state index contributed by atoms with van der Waals surface area (Å²) in [5, 5.41) is 3.40. The quantitative estimate of drug-likeness (QED) is 0.524. The number of nitrogen functional groups attached to an aromatic ring is 1. The van der Waals surface area contributed by atoms with Crippen molar-refractivity contribution < 1.29 is 4.74 Å². The van der Waals surface area contributed by atoms with E-state index in [0.717, 1.165) is 12.4 Å². The molecule has 0 spiro atoms. The lowest BCUT2D eigenvalue weighted by Gasteiger charge is -2.23. The molecule has 1 unspecified atom stereocenters. The smallest absolute Gasteiger partial charge is 0.158 e. The zero-order valence-electron chi connectivity index (χ0n) is 12.1. The van der Waals surface area contributed by atoms with Gasteiger partial charge in [-0.1, -0.05) is 0 Å². The zero-order chi connectivity index (χ0) is 14.4. The van der Waals surface area contributed by atoms with Crippen molar-refractivity contribution in [2.75, 3.05) is 29.6 Å². The number of hydrazine groups is 1. The molecule has 20 heavy (non-hydrogen) atoms. The lowest BCUT2D eigenvalue weighted by atomic mass is 10.1. The van der Waals surface area contributed by atoms with Crippen LogP contribution >= 0.6 is 11.8 Å². The molecule has 0 saturated carbocycles. The van der Waals surface area contributed by atoms with Crippen molar-refractivity contribution in [1.29, 1.82) is 0 Å². The van der Waals surface area contributed by atoms with Gasteiger partial charge in [-0.15, -0.1) is 0 Å². The van der Waals surface area contributed by atoms with E-state index in [9.17, 15) is 0 Å². The van der Waals surface area contributed by atoms with Crippen LogP contribution in [0.1, 0.15) is 32.5 Å². The maximum Gasteiger partial charge on any atom is 0.158 e. The molecule has 1 aromatic heterocycles. The molecule has 1 atom stereocenters. The van der Waals surface area contributed by atoms with E-state index in [0.29, 0.717) is 29.6 Å². The summed E-state index contributed by atoms with van der Waals surface area (Å²) in [6, 6.07) is 1.82. The van der Waals surface area contributed by atoms with Gasteiger partial charge in [0.15, 0.2) is 5.82 Å². The van der Waals surface area contributed by atoms with Crippen molar-refractivity contribution in [2.24, 2.45) is 5.84 Å².